The van der Waals surface area contributed by atoms with Crippen LogP contribution in [0.1, 0.15) is 35.8 Å². The van der Waals surface area contributed by atoms with Gasteiger partial charge in [0.2, 0.25) is 0 Å². The van der Waals surface area contributed by atoms with E-state index < -0.39 is 0 Å². The van der Waals surface area contributed by atoms with Crippen LogP contribution in [-0.2, 0) is 6.54 Å². The summed E-state index contributed by atoms with van der Waals surface area (Å²) in [5.74, 6) is 0.230. The molecule has 3 rings (SSSR count). The maximum absolute atomic E-state index is 10.8. The van der Waals surface area contributed by atoms with Gasteiger partial charge in [0.25, 0.3) is 6.01 Å². The van der Waals surface area contributed by atoms with Gasteiger partial charge >= 0.3 is 6.01 Å². The lowest BCUT2D eigenvalue weighted by Gasteiger charge is -2.08. The van der Waals surface area contributed by atoms with Crippen LogP contribution in [-0.4, -0.2) is 44.5 Å². The molecule has 26 heavy (non-hydrogen) atoms. The maximum Gasteiger partial charge on any atom is 0.320 e. The number of hydrogen-bond acceptors (Lipinski definition) is 8. The van der Waals surface area contributed by atoms with E-state index in [0.717, 1.165) is 18.4 Å². The van der Waals surface area contributed by atoms with Gasteiger partial charge in [-0.25, -0.2) is 0 Å². The minimum Gasteiger partial charge on any atom is -0.468 e. The van der Waals surface area contributed by atoms with Crippen molar-refractivity contribution in [3.05, 3.63) is 29.6 Å². The Balaban J connectivity index is 1.99. The van der Waals surface area contributed by atoms with E-state index in [2.05, 4.69) is 26.9 Å². The molecular formula is C17H20N6O3. The molecule has 2 N–H and O–H groups in total. The van der Waals surface area contributed by atoms with E-state index >= 15 is 0 Å². The number of ether oxygens (including phenoxy) is 2. The number of anilines is 1. The van der Waals surface area contributed by atoms with Gasteiger partial charge in [-0.2, -0.15) is 15.0 Å². The van der Waals surface area contributed by atoms with E-state index in [1.165, 1.54) is 7.11 Å². The molecule has 0 fully saturated rings. The van der Waals surface area contributed by atoms with Crippen LogP contribution in [0.2, 0.25) is 0 Å². The number of carbonyl (C=O) groups is 1. The Labute approximate surface area is 150 Å². The third-order valence-corrected chi connectivity index (χ3v) is 3.79. The zero-order chi connectivity index (χ0) is 18.5. The van der Waals surface area contributed by atoms with Gasteiger partial charge < -0.3 is 15.2 Å². The molecule has 0 saturated carbocycles. The Morgan fingerprint density at radius 3 is 2.77 bits per heavy atom. The normalized spacial score (nSPS) is 10.8. The van der Waals surface area contributed by atoms with E-state index in [1.54, 1.807) is 16.8 Å². The highest BCUT2D eigenvalue weighted by atomic mass is 16.5. The minimum absolute atomic E-state index is 0.210. The van der Waals surface area contributed by atoms with Gasteiger partial charge in [-0.1, -0.05) is 19.4 Å². The van der Waals surface area contributed by atoms with Crippen LogP contribution < -0.4 is 15.2 Å². The molecule has 0 aliphatic carbocycles. The third-order valence-electron chi connectivity index (χ3n) is 3.79. The zero-order valence-electron chi connectivity index (χ0n) is 14.7. The molecule has 0 radical (unpaired) electrons. The molecule has 3 heterocycles. The summed E-state index contributed by atoms with van der Waals surface area (Å²) in [6.07, 6.45) is 4.23. The Kier molecular flexibility index (Phi) is 5.26. The first-order chi connectivity index (χ1) is 12.7. The van der Waals surface area contributed by atoms with Gasteiger partial charge in [-0.3, -0.25) is 14.3 Å². The highest BCUT2D eigenvalue weighted by Gasteiger charge is 2.18. The molecule has 9 nitrogen and oxygen atoms in total. The molecule has 3 aromatic heterocycles. The van der Waals surface area contributed by atoms with Crippen molar-refractivity contribution in [2.45, 2.75) is 26.3 Å². The number of rotatable bonds is 8. The van der Waals surface area contributed by atoms with E-state index in [-0.39, 0.29) is 11.8 Å². The van der Waals surface area contributed by atoms with Crippen molar-refractivity contribution in [1.82, 2.24) is 24.5 Å². The van der Waals surface area contributed by atoms with Gasteiger partial charge in [0, 0.05) is 6.20 Å². The molecule has 3 aromatic rings. The van der Waals surface area contributed by atoms with E-state index in [4.69, 9.17) is 15.2 Å². The van der Waals surface area contributed by atoms with E-state index in [1.807, 2.05) is 6.07 Å². The Bertz CT molecular complexity index is 907. The summed E-state index contributed by atoms with van der Waals surface area (Å²) in [5, 5.41) is 0. The van der Waals surface area contributed by atoms with Crippen LogP contribution in [0.5, 0.6) is 12.0 Å². The van der Waals surface area contributed by atoms with Gasteiger partial charge in [0.15, 0.2) is 23.3 Å². The molecule has 0 unspecified atom stereocenters. The standard InChI is InChI=1S/C17H20N6O3/c1-3-4-7-26-16-21-14(18)13-15(22-16)23(17(20-13)25-2)9-11-5-6-12(10-24)19-8-11/h5-6,8,10H,3-4,7,9H2,1-2H3,(H2,18,21,22). The average Bonchev–Trinajstić information content (AvgIpc) is 3.01. The van der Waals surface area contributed by atoms with Crippen LogP contribution in [0.15, 0.2) is 18.3 Å². The van der Waals surface area contributed by atoms with Gasteiger partial charge in [0.1, 0.15) is 5.69 Å². The fraction of sp³-hybridized carbons (Fsp3) is 0.353. The van der Waals surface area contributed by atoms with Crippen LogP contribution in [0.4, 0.5) is 5.82 Å². The van der Waals surface area contributed by atoms with Gasteiger partial charge in [0.05, 0.1) is 20.3 Å². The molecule has 0 aromatic carbocycles. The number of aromatic nitrogens is 5. The highest BCUT2D eigenvalue weighted by molar-refractivity contribution is 5.83. The monoisotopic (exact) mass is 356 g/mol. The van der Waals surface area contributed by atoms with Crippen LogP contribution in [0.3, 0.4) is 0 Å². The SMILES string of the molecule is CCCCOc1nc(N)c2nc(OC)n(Cc3ccc(C=O)nc3)c2n1. The number of imidazole rings is 1. The smallest absolute Gasteiger partial charge is 0.320 e. The fourth-order valence-corrected chi connectivity index (χ4v) is 2.43. The zero-order valence-corrected chi connectivity index (χ0v) is 14.7. The van der Waals surface area contributed by atoms with E-state index in [0.29, 0.717) is 42.3 Å². The second kappa shape index (κ2) is 7.77. The molecule has 0 atom stereocenters. The van der Waals surface area contributed by atoms with Crippen molar-refractivity contribution in [1.29, 1.82) is 0 Å². The van der Waals surface area contributed by atoms with Crippen molar-refractivity contribution in [3.63, 3.8) is 0 Å². The number of aldehydes is 1. The number of pyridine rings is 1. The largest absolute Gasteiger partial charge is 0.468 e. The number of nitrogens with two attached hydrogens (primary N) is 1. The van der Waals surface area contributed by atoms with Crippen LogP contribution in [0, 0.1) is 0 Å². The number of hydrogen-bond donors (Lipinski definition) is 1. The molecule has 0 spiro atoms. The Morgan fingerprint density at radius 2 is 2.12 bits per heavy atom. The fourth-order valence-electron chi connectivity index (χ4n) is 2.43. The minimum atomic E-state index is 0.210. The average molecular weight is 356 g/mol. The van der Waals surface area contributed by atoms with Crippen molar-refractivity contribution in [2.75, 3.05) is 19.5 Å². The molecular weight excluding hydrogens is 336 g/mol. The molecule has 0 saturated heterocycles. The van der Waals surface area contributed by atoms with E-state index in [9.17, 15) is 4.79 Å². The lowest BCUT2D eigenvalue weighted by molar-refractivity contribution is 0.111. The van der Waals surface area contributed by atoms with Crippen molar-refractivity contribution in [3.8, 4) is 12.0 Å². The number of fused-ring (bicyclic) bond motifs is 1. The predicted molar refractivity (Wildman–Crippen MR) is 95.4 cm³/mol. The first-order valence-electron chi connectivity index (χ1n) is 8.27. The summed E-state index contributed by atoms with van der Waals surface area (Å²) in [5.41, 5.74) is 8.21. The molecule has 136 valence electrons. The quantitative estimate of drug-likeness (QED) is 0.480. The predicted octanol–water partition coefficient (Wildman–Crippen LogP) is 1.85. The summed E-state index contributed by atoms with van der Waals surface area (Å²) in [7, 11) is 1.52. The van der Waals surface area contributed by atoms with Crippen molar-refractivity contribution < 1.29 is 14.3 Å². The summed E-state index contributed by atoms with van der Waals surface area (Å²) < 4.78 is 12.7. The summed E-state index contributed by atoms with van der Waals surface area (Å²) in [6.45, 7) is 2.99. The Hall–Kier alpha value is -3.23. The Morgan fingerprint density at radius 1 is 1.27 bits per heavy atom. The number of unbranched alkanes of at least 4 members (excludes halogenated alkanes) is 1. The molecule has 0 aliphatic heterocycles. The summed E-state index contributed by atoms with van der Waals surface area (Å²) >= 11 is 0. The van der Waals surface area contributed by atoms with Gasteiger partial charge in [-0.05, 0) is 18.1 Å². The van der Waals surface area contributed by atoms with Gasteiger partial charge in [-0.15, -0.1) is 0 Å². The summed E-state index contributed by atoms with van der Waals surface area (Å²) in [4.78, 5) is 27.8. The second-order valence-electron chi connectivity index (χ2n) is 5.66. The van der Waals surface area contributed by atoms with Crippen molar-refractivity contribution >= 4 is 23.3 Å². The number of methoxy groups -OCH3 is 1. The number of nitrogens with zero attached hydrogens (tertiary/aromatic N) is 5. The first kappa shape index (κ1) is 17.6. The third kappa shape index (κ3) is 3.56. The van der Waals surface area contributed by atoms with Crippen LogP contribution >= 0.6 is 0 Å². The number of nitrogen functional groups attached to an aromatic ring is 1. The molecule has 0 aliphatic rings. The highest BCUT2D eigenvalue weighted by Crippen LogP contribution is 2.26. The maximum atomic E-state index is 10.8. The number of carbonyl (C=O) groups excluding carboxylic acids is 1. The van der Waals surface area contributed by atoms with Crippen molar-refractivity contribution in [2.24, 2.45) is 0 Å². The molecule has 0 amide bonds. The molecule has 0 bridgehead atoms. The first-order valence-corrected chi connectivity index (χ1v) is 8.27. The van der Waals surface area contributed by atoms with Crippen LogP contribution in [0.25, 0.3) is 11.2 Å². The second-order valence-corrected chi connectivity index (χ2v) is 5.66. The lowest BCUT2D eigenvalue weighted by Crippen LogP contribution is -2.07. The summed E-state index contributed by atoms with van der Waals surface area (Å²) in [6, 6.07) is 4.02. The topological polar surface area (TPSA) is 118 Å². The molecule has 9 heteroatoms. The lowest BCUT2D eigenvalue weighted by atomic mass is 10.2.